The minimum Gasteiger partial charge on any atom is -0.464 e. The largest absolute Gasteiger partial charge is 0.464 e. The molecule has 1 N–H and O–H groups in total. The SMILES string of the molecule is COC(=O)c1cc(C(=O)Nc2ccc(Cl)c([N+](=O)[O-])c2)n(-c2ccccc2)n1. The molecule has 3 aromatic rings. The second-order valence-electron chi connectivity index (χ2n) is 5.53. The molecule has 0 atom stereocenters. The zero-order chi connectivity index (χ0) is 20.3. The van der Waals surface area contributed by atoms with Gasteiger partial charge in [0, 0.05) is 17.8 Å². The van der Waals surface area contributed by atoms with Crippen LogP contribution in [0.3, 0.4) is 0 Å². The van der Waals surface area contributed by atoms with Gasteiger partial charge in [0.15, 0.2) is 5.69 Å². The van der Waals surface area contributed by atoms with E-state index in [2.05, 4.69) is 15.2 Å². The molecule has 0 saturated heterocycles. The van der Waals surface area contributed by atoms with Crippen molar-refractivity contribution in [3.63, 3.8) is 0 Å². The van der Waals surface area contributed by atoms with E-state index >= 15 is 0 Å². The summed E-state index contributed by atoms with van der Waals surface area (Å²) in [5, 5.41) is 17.6. The van der Waals surface area contributed by atoms with Crippen LogP contribution in [0.4, 0.5) is 11.4 Å². The molecule has 142 valence electrons. The van der Waals surface area contributed by atoms with Gasteiger partial charge >= 0.3 is 5.97 Å². The summed E-state index contributed by atoms with van der Waals surface area (Å²) in [4.78, 5) is 35.0. The number of esters is 1. The Bertz CT molecular complexity index is 1070. The zero-order valence-electron chi connectivity index (χ0n) is 14.5. The average Bonchev–Trinajstić information content (AvgIpc) is 3.15. The number of halogens is 1. The molecular weight excluding hydrogens is 388 g/mol. The second kappa shape index (κ2) is 7.89. The number of nitrogens with one attached hydrogen (secondary N) is 1. The molecule has 10 heteroatoms. The number of benzene rings is 2. The Hall–Kier alpha value is -3.72. The minimum atomic E-state index is -0.703. The maximum atomic E-state index is 12.8. The number of aromatic nitrogens is 2. The molecule has 3 rings (SSSR count). The van der Waals surface area contributed by atoms with Crippen LogP contribution in [0.5, 0.6) is 0 Å². The topological polar surface area (TPSA) is 116 Å². The Morgan fingerprint density at radius 1 is 1.18 bits per heavy atom. The van der Waals surface area contributed by atoms with Crippen LogP contribution in [-0.2, 0) is 4.74 Å². The molecule has 0 spiro atoms. The Balaban J connectivity index is 1.99. The quantitative estimate of drug-likeness (QED) is 0.398. The first kappa shape index (κ1) is 19.1. The first-order chi connectivity index (χ1) is 13.4. The van der Waals surface area contributed by atoms with E-state index in [0.717, 1.165) is 6.07 Å². The van der Waals surface area contributed by atoms with Crippen molar-refractivity contribution in [1.29, 1.82) is 0 Å². The van der Waals surface area contributed by atoms with Gasteiger partial charge < -0.3 is 10.1 Å². The predicted molar refractivity (Wildman–Crippen MR) is 101 cm³/mol. The van der Waals surface area contributed by atoms with Crippen LogP contribution in [0.25, 0.3) is 5.69 Å². The predicted octanol–water partition coefficient (Wildman–Crippen LogP) is 3.47. The molecule has 0 radical (unpaired) electrons. The van der Waals surface area contributed by atoms with Crippen molar-refractivity contribution in [2.24, 2.45) is 0 Å². The molecule has 0 saturated carbocycles. The standard InChI is InChI=1S/C18H13ClN4O5/c1-28-18(25)14-10-16(22(21-14)12-5-3-2-4-6-12)17(24)20-11-7-8-13(19)15(9-11)23(26)27/h2-10H,1H3,(H,20,24). The summed E-state index contributed by atoms with van der Waals surface area (Å²) in [6.07, 6.45) is 0. The van der Waals surface area contributed by atoms with Crippen LogP contribution in [0.1, 0.15) is 21.0 Å². The van der Waals surface area contributed by atoms with Gasteiger partial charge in [-0.3, -0.25) is 14.9 Å². The Morgan fingerprint density at radius 3 is 2.54 bits per heavy atom. The fourth-order valence-corrected chi connectivity index (χ4v) is 2.63. The minimum absolute atomic E-state index is 0.0456. The number of nitrogens with zero attached hydrogens (tertiary/aromatic N) is 3. The lowest BCUT2D eigenvalue weighted by Crippen LogP contribution is -2.17. The molecule has 0 unspecified atom stereocenters. The van der Waals surface area contributed by atoms with E-state index in [-0.39, 0.29) is 27.8 Å². The molecule has 1 heterocycles. The van der Waals surface area contributed by atoms with Gasteiger partial charge in [-0.05, 0) is 24.3 Å². The number of amides is 1. The van der Waals surface area contributed by atoms with Crippen LogP contribution in [0.2, 0.25) is 5.02 Å². The van der Waals surface area contributed by atoms with E-state index in [1.54, 1.807) is 30.3 Å². The van der Waals surface area contributed by atoms with E-state index in [4.69, 9.17) is 11.6 Å². The van der Waals surface area contributed by atoms with E-state index in [9.17, 15) is 19.7 Å². The molecule has 0 aliphatic rings. The van der Waals surface area contributed by atoms with Gasteiger partial charge in [-0.1, -0.05) is 29.8 Å². The molecule has 1 amide bonds. The third kappa shape index (κ3) is 3.84. The molecular formula is C18H13ClN4O5. The lowest BCUT2D eigenvalue weighted by Gasteiger charge is -2.08. The van der Waals surface area contributed by atoms with Crippen LogP contribution in [0, 0.1) is 10.1 Å². The number of nitro benzene ring substituents is 1. The van der Waals surface area contributed by atoms with Crippen molar-refractivity contribution in [2.75, 3.05) is 12.4 Å². The number of carbonyl (C=O) groups is 2. The number of ether oxygens (including phenoxy) is 1. The molecule has 0 aliphatic carbocycles. The normalized spacial score (nSPS) is 10.4. The number of methoxy groups -OCH3 is 1. The highest BCUT2D eigenvalue weighted by molar-refractivity contribution is 6.32. The molecule has 1 aromatic heterocycles. The van der Waals surface area contributed by atoms with Crippen molar-refractivity contribution in [2.45, 2.75) is 0 Å². The number of carbonyl (C=O) groups excluding carboxylic acids is 2. The molecule has 0 aliphatic heterocycles. The van der Waals surface area contributed by atoms with Crippen molar-refractivity contribution in [3.05, 3.63) is 81.1 Å². The maximum Gasteiger partial charge on any atom is 0.358 e. The smallest absolute Gasteiger partial charge is 0.358 e. The number of anilines is 1. The van der Waals surface area contributed by atoms with Crippen molar-refractivity contribution in [3.8, 4) is 5.69 Å². The number of hydrogen-bond acceptors (Lipinski definition) is 6. The molecule has 9 nitrogen and oxygen atoms in total. The molecule has 0 fully saturated rings. The Labute approximate surface area is 163 Å². The van der Waals surface area contributed by atoms with Crippen molar-refractivity contribution < 1.29 is 19.2 Å². The summed E-state index contributed by atoms with van der Waals surface area (Å²) in [6, 6.07) is 13.9. The number of para-hydroxylation sites is 1. The van der Waals surface area contributed by atoms with E-state index in [1.165, 1.54) is 30.0 Å². The fourth-order valence-electron chi connectivity index (χ4n) is 2.44. The fraction of sp³-hybridized carbons (Fsp3) is 0.0556. The van der Waals surface area contributed by atoms with E-state index in [1.807, 2.05) is 0 Å². The monoisotopic (exact) mass is 400 g/mol. The number of hydrogen-bond donors (Lipinski definition) is 1. The summed E-state index contributed by atoms with van der Waals surface area (Å²) in [7, 11) is 1.20. The van der Waals surface area contributed by atoms with Gasteiger partial charge in [0.2, 0.25) is 0 Å². The maximum absolute atomic E-state index is 12.8. The van der Waals surface area contributed by atoms with Gasteiger partial charge in [0.1, 0.15) is 10.7 Å². The number of rotatable bonds is 5. The van der Waals surface area contributed by atoms with Crippen LogP contribution >= 0.6 is 11.6 Å². The van der Waals surface area contributed by atoms with Gasteiger partial charge in [0.25, 0.3) is 11.6 Å². The first-order valence-electron chi connectivity index (χ1n) is 7.90. The highest BCUT2D eigenvalue weighted by atomic mass is 35.5. The highest BCUT2D eigenvalue weighted by Crippen LogP contribution is 2.27. The summed E-state index contributed by atoms with van der Waals surface area (Å²) in [6.45, 7) is 0. The van der Waals surface area contributed by atoms with Crippen LogP contribution < -0.4 is 5.32 Å². The van der Waals surface area contributed by atoms with Crippen molar-refractivity contribution in [1.82, 2.24) is 9.78 Å². The van der Waals surface area contributed by atoms with Crippen LogP contribution in [-0.4, -0.2) is 33.7 Å². The number of nitro groups is 1. The van der Waals surface area contributed by atoms with Gasteiger partial charge in [0.05, 0.1) is 17.7 Å². The molecule has 0 bridgehead atoms. The summed E-state index contributed by atoms with van der Waals surface area (Å²) < 4.78 is 5.94. The van der Waals surface area contributed by atoms with Gasteiger partial charge in [-0.15, -0.1) is 0 Å². The summed E-state index contributed by atoms with van der Waals surface area (Å²) in [5.74, 6) is -1.33. The summed E-state index contributed by atoms with van der Waals surface area (Å²) in [5.41, 5.74) is 0.362. The third-order valence-corrected chi connectivity index (χ3v) is 4.06. The van der Waals surface area contributed by atoms with Crippen molar-refractivity contribution >= 4 is 34.9 Å². The molecule has 28 heavy (non-hydrogen) atoms. The third-order valence-electron chi connectivity index (χ3n) is 3.74. The Kier molecular flexibility index (Phi) is 5.37. The van der Waals surface area contributed by atoms with Gasteiger partial charge in [-0.2, -0.15) is 5.10 Å². The Morgan fingerprint density at radius 2 is 1.89 bits per heavy atom. The van der Waals surface area contributed by atoms with Gasteiger partial charge in [-0.25, -0.2) is 9.48 Å². The van der Waals surface area contributed by atoms with Crippen LogP contribution in [0.15, 0.2) is 54.6 Å². The molecule has 2 aromatic carbocycles. The van der Waals surface area contributed by atoms with E-state index < -0.39 is 16.8 Å². The lowest BCUT2D eigenvalue weighted by atomic mass is 10.2. The lowest BCUT2D eigenvalue weighted by molar-refractivity contribution is -0.384. The second-order valence-corrected chi connectivity index (χ2v) is 5.94. The average molecular weight is 401 g/mol. The first-order valence-corrected chi connectivity index (χ1v) is 8.27. The van der Waals surface area contributed by atoms with E-state index in [0.29, 0.717) is 5.69 Å². The highest BCUT2D eigenvalue weighted by Gasteiger charge is 2.22. The summed E-state index contributed by atoms with van der Waals surface area (Å²) >= 11 is 5.78. The zero-order valence-corrected chi connectivity index (χ0v) is 15.2.